The molecular formula is C11H15N3O6. The van der Waals surface area contributed by atoms with Crippen LogP contribution in [0.15, 0.2) is 15.8 Å². The van der Waals surface area contributed by atoms with Gasteiger partial charge in [0.05, 0.1) is 6.61 Å². The highest BCUT2D eigenvalue weighted by molar-refractivity contribution is 4.96. The second kappa shape index (κ2) is 4.48. The number of nitrogens with zero attached hydrogens (tertiary/aromatic N) is 2. The van der Waals surface area contributed by atoms with E-state index in [1.54, 1.807) is 13.8 Å². The summed E-state index contributed by atoms with van der Waals surface area (Å²) < 4.78 is 17.9. The van der Waals surface area contributed by atoms with Crippen molar-refractivity contribution in [2.24, 2.45) is 0 Å². The third-order valence-corrected chi connectivity index (χ3v) is 3.28. The Balaban J connectivity index is 1.98. The van der Waals surface area contributed by atoms with E-state index in [0.29, 0.717) is 0 Å². The minimum atomic E-state index is -0.858. The van der Waals surface area contributed by atoms with Crippen LogP contribution in [-0.2, 0) is 14.2 Å². The first-order chi connectivity index (χ1) is 9.41. The smallest absolute Gasteiger partial charge is 0.347 e. The summed E-state index contributed by atoms with van der Waals surface area (Å²) in [5.41, 5.74) is -1.29. The van der Waals surface area contributed by atoms with Crippen LogP contribution in [0.3, 0.4) is 0 Å². The van der Waals surface area contributed by atoms with Crippen LogP contribution in [0, 0.1) is 0 Å². The third-order valence-electron chi connectivity index (χ3n) is 3.28. The van der Waals surface area contributed by atoms with Crippen LogP contribution in [-0.4, -0.2) is 50.6 Å². The zero-order chi connectivity index (χ0) is 14.5. The maximum absolute atomic E-state index is 11.8. The number of hydrogen-bond donors (Lipinski definition) is 2. The zero-order valence-electron chi connectivity index (χ0n) is 11.0. The number of ether oxygens (including phenoxy) is 3. The molecule has 2 aliphatic heterocycles. The minimum absolute atomic E-state index is 0.269. The predicted octanol–water partition coefficient (Wildman–Crippen LogP) is -1.66. The average Bonchev–Trinajstić information content (AvgIpc) is 2.83. The van der Waals surface area contributed by atoms with Gasteiger partial charge in [-0.1, -0.05) is 0 Å². The summed E-state index contributed by atoms with van der Waals surface area (Å²) in [6.07, 6.45) is -1.58. The van der Waals surface area contributed by atoms with Gasteiger partial charge in [-0.25, -0.2) is 4.79 Å². The molecule has 1 aromatic rings. The Bertz CT molecular complexity index is 623. The first-order valence-electron chi connectivity index (χ1n) is 6.21. The van der Waals surface area contributed by atoms with Crippen molar-refractivity contribution in [2.45, 2.75) is 44.2 Å². The average molecular weight is 285 g/mol. The Kier molecular flexibility index (Phi) is 3.01. The number of aromatic amines is 1. The maximum atomic E-state index is 11.8. The van der Waals surface area contributed by atoms with Gasteiger partial charge < -0.3 is 19.3 Å². The van der Waals surface area contributed by atoms with Crippen molar-refractivity contribution in [3.05, 3.63) is 27.0 Å². The van der Waals surface area contributed by atoms with Crippen molar-refractivity contribution in [3.8, 4) is 0 Å². The molecule has 1 aromatic heterocycles. The van der Waals surface area contributed by atoms with Gasteiger partial charge in [-0.05, 0) is 13.8 Å². The fourth-order valence-corrected chi connectivity index (χ4v) is 2.55. The first-order valence-corrected chi connectivity index (χ1v) is 6.21. The van der Waals surface area contributed by atoms with Gasteiger partial charge in [-0.3, -0.25) is 9.78 Å². The predicted molar refractivity (Wildman–Crippen MR) is 63.9 cm³/mol. The highest BCUT2D eigenvalue weighted by atomic mass is 16.8. The molecule has 0 radical (unpaired) electrons. The van der Waals surface area contributed by atoms with Crippen LogP contribution < -0.4 is 11.2 Å². The Morgan fingerprint density at radius 2 is 2.10 bits per heavy atom. The molecule has 20 heavy (non-hydrogen) atoms. The molecule has 4 atom stereocenters. The van der Waals surface area contributed by atoms with Gasteiger partial charge in [0.2, 0.25) is 0 Å². The molecule has 0 amide bonds. The Morgan fingerprint density at radius 3 is 2.75 bits per heavy atom. The molecule has 110 valence electrons. The molecule has 9 heteroatoms. The van der Waals surface area contributed by atoms with Crippen molar-refractivity contribution >= 4 is 0 Å². The molecule has 9 nitrogen and oxygen atoms in total. The summed E-state index contributed by atoms with van der Waals surface area (Å²) in [7, 11) is 0. The number of H-pyrrole nitrogens is 1. The molecule has 0 spiro atoms. The molecule has 0 aromatic carbocycles. The standard InChI is InChI=1S/C11H15N3O6/c1-11(2)19-7-5(4-15)18-9(8(7)20-11)14-10(17)13-6(16)3-12-14/h3,5,7-9,15H,4H2,1-2H3,(H,13,16,17)/t5-,7-,8+,9-/m0/s1. The molecule has 2 fully saturated rings. The van der Waals surface area contributed by atoms with Crippen LogP contribution in [0.2, 0.25) is 0 Å². The van der Waals surface area contributed by atoms with Crippen molar-refractivity contribution < 1.29 is 19.3 Å². The number of aliphatic hydroxyl groups excluding tert-OH is 1. The van der Waals surface area contributed by atoms with Crippen LogP contribution >= 0.6 is 0 Å². The number of rotatable bonds is 2. The monoisotopic (exact) mass is 285 g/mol. The lowest BCUT2D eigenvalue weighted by molar-refractivity contribution is -0.202. The quantitative estimate of drug-likeness (QED) is 0.668. The molecule has 0 unspecified atom stereocenters. The Morgan fingerprint density at radius 1 is 1.40 bits per heavy atom. The van der Waals surface area contributed by atoms with Crippen molar-refractivity contribution in [3.63, 3.8) is 0 Å². The van der Waals surface area contributed by atoms with Gasteiger partial charge in [-0.15, -0.1) is 0 Å². The fraction of sp³-hybridized carbons (Fsp3) is 0.727. The van der Waals surface area contributed by atoms with E-state index >= 15 is 0 Å². The number of hydrogen-bond acceptors (Lipinski definition) is 7. The SMILES string of the molecule is CC1(C)O[C@@H]2[C@@H](O1)[C@@H](n1ncc(=O)[nH]c1=O)O[C@H]2CO. The van der Waals surface area contributed by atoms with E-state index in [0.717, 1.165) is 10.9 Å². The molecule has 3 heterocycles. The molecule has 2 N–H and O–H groups in total. The number of nitrogens with one attached hydrogen (secondary N) is 1. The van der Waals surface area contributed by atoms with E-state index < -0.39 is 41.6 Å². The van der Waals surface area contributed by atoms with E-state index in [-0.39, 0.29) is 6.61 Å². The third kappa shape index (κ3) is 2.08. The molecule has 3 rings (SSSR count). The zero-order valence-corrected chi connectivity index (χ0v) is 11.0. The molecule has 0 bridgehead atoms. The topological polar surface area (TPSA) is 116 Å². The molecule has 2 aliphatic rings. The van der Waals surface area contributed by atoms with Crippen molar-refractivity contribution in [1.82, 2.24) is 14.8 Å². The van der Waals surface area contributed by atoms with Gasteiger partial charge >= 0.3 is 5.69 Å². The largest absolute Gasteiger partial charge is 0.394 e. The van der Waals surface area contributed by atoms with Crippen molar-refractivity contribution in [1.29, 1.82) is 0 Å². The van der Waals surface area contributed by atoms with Crippen LogP contribution in [0.25, 0.3) is 0 Å². The minimum Gasteiger partial charge on any atom is -0.394 e. The second-order valence-electron chi connectivity index (χ2n) is 5.20. The van der Waals surface area contributed by atoms with E-state index in [1.165, 1.54) is 0 Å². The number of fused-ring (bicyclic) bond motifs is 1. The van der Waals surface area contributed by atoms with Gasteiger partial charge in [0.15, 0.2) is 12.0 Å². The normalized spacial score (nSPS) is 35.1. The fourth-order valence-electron chi connectivity index (χ4n) is 2.55. The highest BCUT2D eigenvalue weighted by Crippen LogP contribution is 2.41. The number of aliphatic hydroxyl groups is 1. The summed E-state index contributed by atoms with van der Waals surface area (Å²) in [5.74, 6) is -0.837. The summed E-state index contributed by atoms with van der Waals surface area (Å²) in [4.78, 5) is 24.9. The lowest BCUT2D eigenvalue weighted by atomic mass is 10.1. The van der Waals surface area contributed by atoms with E-state index in [2.05, 4.69) is 10.1 Å². The Labute approximate surface area is 113 Å². The Hall–Kier alpha value is -1.55. The summed E-state index contributed by atoms with van der Waals surface area (Å²) >= 11 is 0. The second-order valence-corrected chi connectivity index (χ2v) is 5.20. The lowest BCUT2D eigenvalue weighted by Crippen LogP contribution is -2.39. The molecule has 0 aliphatic carbocycles. The summed E-state index contributed by atoms with van der Waals surface area (Å²) in [6, 6.07) is 0. The van der Waals surface area contributed by atoms with Crippen LogP contribution in [0.1, 0.15) is 20.1 Å². The molecule has 2 saturated heterocycles. The van der Waals surface area contributed by atoms with Crippen molar-refractivity contribution in [2.75, 3.05) is 6.61 Å². The molecule has 0 saturated carbocycles. The lowest BCUT2D eigenvalue weighted by Gasteiger charge is -2.23. The highest BCUT2D eigenvalue weighted by Gasteiger charge is 2.56. The van der Waals surface area contributed by atoms with Gasteiger partial charge in [0.1, 0.15) is 24.5 Å². The van der Waals surface area contributed by atoms with Crippen LogP contribution in [0.5, 0.6) is 0 Å². The van der Waals surface area contributed by atoms with Crippen LogP contribution in [0.4, 0.5) is 0 Å². The first kappa shape index (κ1) is 13.4. The van der Waals surface area contributed by atoms with E-state index in [4.69, 9.17) is 14.2 Å². The summed E-state index contributed by atoms with van der Waals surface area (Å²) in [6.45, 7) is 3.20. The van der Waals surface area contributed by atoms with Gasteiger partial charge in [0.25, 0.3) is 5.56 Å². The molecular weight excluding hydrogens is 270 g/mol. The van der Waals surface area contributed by atoms with Gasteiger partial charge in [-0.2, -0.15) is 9.78 Å². The summed E-state index contributed by atoms with van der Waals surface area (Å²) in [5, 5.41) is 13.1. The van der Waals surface area contributed by atoms with E-state index in [9.17, 15) is 14.7 Å². The maximum Gasteiger partial charge on any atom is 0.347 e. The van der Waals surface area contributed by atoms with Gasteiger partial charge in [0, 0.05) is 0 Å². The van der Waals surface area contributed by atoms with E-state index in [1.807, 2.05) is 0 Å². The number of aromatic nitrogens is 3.